The quantitative estimate of drug-likeness (QED) is 0.780. The molecule has 0 fully saturated rings. The van der Waals surface area contributed by atoms with Crippen molar-refractivity contribution in [1.82, 2.24) is 0 Å². The third kappa shape index (κ3) is 3.47. The molecule has 0 spiro atoms. The minimum absolute atomic E-state index is 0.534. The van der Waals surface area contributed by atoms with Crippen LogP contribution in [0.2, 0.25) is 0 Å². The van der Waals surface area contributed by atoms with E-state index in [1.807, 2.05) is 60.7 Å². The van der Waals surface area contributed by atoms with Crippen molar-refractivity contribution in [3.8, 4) is 0 Å². The lowest BCUT2D eigenvalue weighted by molar-refractivity contribution is 0.180. The van der Waals surface area contributed by atoms with E-state index in [0.29, 0.717) is 6.61 Å². The van der Waals surface area contributed by atoms with Gasteiger partial charge in [0.25, 0.3) is 0 Å². The predicted octanol–water partition coefficient (Wildman–Crippen LogP) is 3.87. The normalized spacial score (nSPS) is 9.88. The Hall–Kier alpha value is -2.06. The Labute approximate surface area is 102 Å². The second kappa shape index (κ2) is 5.87. The highest BCUT2D eigenvalue weighted by Crippen LogP contribution is 2.09. The Morgan fingerprint density at radius 1 is 1.00 bits per heavy atom. The molecule has 0 aliphatic rings. The van der Waals surface area contributed by atoms with E-state index in [1.165, 1.54) is 0 Å². The number of benzene rings is 2. The summed E-state index contributed by atoms with van der Waals surface area (Å²) in [6.45, 7) is 4.25. The van der Waals surface area contributed by atoms with E-state index in [4.69, 9.17) is 4.84 Å². The lowest BCUT2D eigenvalue weighted by Crippen LogP contribution is -2.01. The summed E-state index contributed by atoms with van der Waals surface area (Å²) in [4.78, 5) is 5.40. The molecule has 2 aromatic carbocycles. The molecule has 86 valence electrons. The van der Waals surface area contributed by atoms with Gasteiger partial charge in [-0.2, -0.15) is 0 Å². The zero-order valence-corrected chi connectivity index (χ0v) is 9.60. The third-order valence-corrected chi connectivity index (χ3v) is 2.42. The number of para-hydroxylation sites is 1. The van der Waals surface area contributed by atoms with Gasteiger partial charge in [-0.1, -0.05) is 55.1 Å². The monoisotopic (exact) mass is 225 g/mol. The molecule has 0 aromatic heterocycles. The second-order valence-electron chi connectivity index (χ2n) is 3.70. The van der Waals surface area contributed by atoms with Crippen LogP contribution in [0.1, 0.15) is 11.1 Å². The first-order valence-electron chi connectivity index (χ1n) is 5.53. The summed E-state index contributed by atoms with van der Waals surface area (Å²) in [7, 11) is 0. The van der Waals surface area contributed by atoms with Crippen molar-refractivity contribution < 1.29 is 4.84 Å². The van der Waals surface area contributed by atoms with Crippen LogP contribution in [-0.2, 0) is 11.4 Å². The molecule has 2 heteroatoms. The second-order valence-corrected chi connectivity index (χ2v) is 3.70. The minimum Gasteiger partial charge on any atom is -0.271 e. The lowest BCUT2D eigenvalue weighted by Gasteiger charge is -2.06. The summed E-state index contributed by atoms with van der Waals surface area (Å²) in [6.07, 6.45) is 1.83. The highest BCUT2D eigenvalue weighted by atomic mass is 16.6. The van der Waals surface area contributed by atoms with Crippen molar-refractivity contribution in [3.05, 3.63) is 72.3 Å². The fourth-order valence-electron chi connectivity index (χ4n) is 1.46. The van der Waals surface area contributed by atoms with Crippen molar-refractivity contribution >= 4 is 11.8 Å². The average Bonchev–Trinajstić information content (AvgIpc) is 2.41. The van der Waals surface area contributed by atoms with Gasteiger partial charge in [0, 0.05) is 0 Å². The van der Waals surface area contributed by atoms with Gasteiger partial charge in [0.05, 0.1) is 12.3 Å². The molecule has 0 amide bonds. The number of rotatable bonds is 5. The van der Waals surface area contributed by atoms with E-state index in [2.05, 4.69) is 12.1 Å². The van der Waals surface area contributed by atoms with Gasteiger partial charge in [-0.3, -0.25) is 10.3 Å². The largest absolute Gasteiger partial charge is 0.271 e. The lowest BCUT2D eigenvalue weighted by atomic mass is 10.1. The standard InChI is InChI=1S/C15H15NO/c1-2-13-8-10-14(11-9-13)12-17-16-15-6-4-3-5-7-15/h2-11,16H,1,12H2. The average molecular weight is 225 g/mol. The van der Waals surface area contributed by atoms with Gasteiger partial charge in [-0.25, -0.2) is 0 Å². The molecule has 0 bridgehead atoms. The summed E-state index contributed by atoms with van der Waals surface area (Å²) in [6, 6.07) is 17.9. The maximum Gasteiger partial charge on any atom is 0.0996 e. The SMILES string of the molecule is C=Cc1ccc(CONc2ccccc2)cc1. The van der Waals surface area contributed by atoms with Crippen LogP contribution in [0, 0.1) is 0 Å². The topological polar surface area (TPSA) is 21.3 Å². The fraction of sp³-hybridized carbons (Fsp3) is 0.0667. The van der Waals surface area contributed by atoms with Gasteiger partial charge in [0.2, 0.25) is 0 Å². The third-order valence-electron chi connectivity index (χ3n) is 2.42. The Morgan fingerprint density at radius 2 is 1.71 bits per heavy atom. The molecule has 0 saturated carbocycles. The first-order chi connectivity index (χ1) is 8.38. The first kappa shape index (κ1) is 11.4. The van der Waals surface area contributed by atoms with Crippen LogP contribution in [0.5, 0.6) is 0 Å². The summed E-state index contributed by atoms with van der Waals surface area (Å²) < 4.78 is 0. The van der Waals surface area contributed by atoms with Gasteiger partial charge in [-0.05, 0) is 23.3 Å². The van der Waals surface area contributed by atoms with Gasteiger partial charge < -0.3 is 0 Å². The van der Waals surface area contributed by atoms with E-state index in [9.17, 15) is 0 Å². The molecule has 2 aromatic rings. The van der Waals surface area contributed by atoms with E-state index in [0.717, 1.165) is 16.8 Å². The molecule has 0 radical (unpaired) electrons. The maximum absolute atomic E-state index is 5.40. The van der Waals surface area contributed by atoms with Gasteiger partial charge >= 0.3 is 0 Å². The van der Waals surface area contributed by atoms with Crippen LogP contribution in [0.15, 0.2) is 61.2 Å². The van der Waals surface area contributed by atoms with Crippen LogP contribution in [0.25, 0.3) is 6.08 Å². The first-order valence-corrected chi connectivity index (χ1v) is 5.53. The van der Waals surface area contributed by atoms with Gasteiger partial charge in [-0.15, -0.1) is 0 Å². The van der Waals surface area contributed by atoms with Gasteiger partial charge in [0.1, 0.15) is 0 Å². The molecular formula is C15H15NO. The molecule has 2 rings (SSSR count). The Kier molecular flexibility index (Phi) is 3.95. The zero-order valence-electron chi connectivity index (χ0n) is 9.60. The molecule has 17 heavy (non-hydrogen) atoms. The number of nitrogens with one attached hydrogen (secondary N) is 1. The summed E-state index contributed by atoms with van der Waals surface area (Å²) in [5.41, 5.74) is 6.10. The van der Waals surface area contributed by atoms with E-state index in [1.54, 1.807) is 0 Å². The van der Waals surface area contributed by atoms with Crippen LogP contribution < -0.4 is 5.48 Å². The van der Waals surface area contributed by atoms with Crippen molar-refractivity contribution in [1.29, 1.82) is 0 Å². The summed E-state index contributed by atoms with van der Waals surface area (Å²) >= 11 is 0. The molecule has 0 atom stereocenters. The number of hydrogen-bond donors (Lipinski definition) is 1. The molecule has 2 nitrogen and oxygen atoms in total. The van der Waals surface area contributed by atoms with Gasteiger partial charge in [0.15, 0.2) is 0 Å². The maximum atomic E-state index is 5.40. The fourth-order valence-corrected chi connectivity index (χ4v) is 1.46. The molecule has 0 heterocycles. The van der Waals surface area contributed by atoms with Crippen LogP contribution in [0.3, 0.4) is 0 Å². The van der Waals surface area contributed by atoms with Crippen LogP contribution in [-0.4, -0.2) is 0 Å². The van der Waals surface area contributed by atoms with Crippen LogP contribution in [0.4, 0.5) is 5.69 Å². The highest BCUT2D eigenvalue weighted by molar-refractivity contribution is 5.47. The zero-order chi connectivity index (χ0) is 11.9. The molecule has 0 aliphatic heterocycles. The predicted molar refractivity (Wildman–Crippen MR) is 71.4 cm³/mol. The van der Waals surface area contributed by atoms with E-state index < -0.39 is 0 Å². The van der Waals surface area contributed by atoms with Crippen molar-refractivity contribution in [2.45, 2.75) is 6.61 Å². The Morgan fingerprint density at radius 3 is 2.35 bits per heavy atom. The molecule has 0 aliphatic carbocycles. The van der Waals surface area contributed by atoms with Crippen molar-refractivity contribution in [3.63, 3.8) is 0 Å². The van der Waals surface area contributed by atoms with Crippen molar-refractivity contribution in [2.24, 2.45) is 0 Å². The van der Waals surface area contributed by atoms with Crippen molar-refractivity contribution in [2.75, 3.05) is 5.48 Å². The number of hydrogen-bond acceptors (Lipinski definition) is 2. The van der Waals surface area contributed by atoms with Crippen LogP contribution >= 0.6 is 0 Å². The smallest absolute Gasteiger partial charge is 0.0996 e. The van der Waals surface area contributed by atoms with E-state index in [-0.39, 0.29) is 0 Å². The highest BCUT2D eigenvalue weighted by Gasteiger charge is 1.94. The number of anilines is 1. The summed E-state index contributed by atoms with van der Waals surface area (Å²) in [5, 5.41) is 0. The molecular weight excluding hydrogens is 210 g/mol. The minimum atomic E-state index is 0.534. The Balaban J connectivity index is 1.84. The molecule has 0 saturated heterocycles. The molecule has 1 N–H and O–H groups in total. The summed E-state index contributed by atoms with van der Waals surface area (Å²) in [5.74, 6) is 0. The Bertz CT molecular complexity index is 462. The molecule has 0 unspecified atom stereocenters. The van der Waals surface area contributed by atoms with E-state index >= 15 is 0 Å².